The van der Waals surface area contributed by atoms with Crippen molar-refractivity contribution in [3.05, 3.63) is 107 Å². The lowest BCUT2D eigenvalue weighted by Crippen LogP contribution is -2.58. The Kier molecular flexibility index (Phi) is 22.3. The van der Waals surface area contributed by atoms with Gasteiger partial charge in [-0.05, 0) is 152 Å². The zero-order valence-electron chi connectivity index (χ0n) is 47.4. The molecule has 9 N–H and O–H groups in total. The summed E-state index contributed by atoms with van der Waals surface area (Å²) in [6.45, 7) is 15.4. The Hall–Kier alpha value is -8.11. The summed E-state index contributed by atoms with van der Waals surface area (Å²) >= 11 is 6.11. The number of carbonyl (C=O) groups is 8. The smallest absolute Gasteiger partial charge is 0.407 e. The first kappa shape index (κ1) is 63.7. The van der Waals surface area contributed by atoms with E-state index in [4.69, 9.17) is 41.0 Å². The molecule has 23 heteroatoms. The van der Waals surface area contributed by atoms with Crippen molar-refractivity contribution in [2.45, 2.75) is 129 Å². The first-order valence-corrected chi connectivity index (χ1v) is 26.8. The maximum atomic E-state index is 15.2. The number of hydrogen-bond donors (Lipinski definition) is 8. The van der Waals surface area contributed by atoms with E-state index < -0.39 is 89.0 Å². The van der Waals surface area contributed by atoms with Crippen LogP contribution in [0.25, 0.3) is 22.3 Å². The number of ether oxygens (including phenoxy) is 5. The number of rotatable bonds is 19. The minimum absolute atomic E-state index is 0.00889. The topological polar surface area (TPSA) is 304 Å². The Morgan fingerprint density at radius 3 is 1.68 bits per heavy atom. The van der Waals surface area contributed by atoms with Gasteiger partial charge in [-0.15, -0.1) is 0 Å². The molecule has 0 unspecified atom stereocenters. The first-order valence-electron chi connectivity index (χ1n) is 26.4. The monoisotopic (exact) mass is 1140 g/mol. The number of unbranched alkanes of at least 4 members (excludes halogenated alkanes) is 1. The number of carboxylic acid groups (broad SMARTS) is 1. The Labute approximate surface area is 476 Å². The maximum Gasteiger partial charge on any atom is 0.407 e. The number of nitrogens with one attached hydrogen (secondary N) is 6. The molecule has 0 aliphatic carbocycles. The zero-order valence-corrected chi connectivity index (χ0v) is 48.2. The van der Waals surface area contributed by atoms with E-state index >= 15 is 4.79 Å². The molecule has 0 spiro atoms. The lowest BCUT2D eigenvalue weighted by molar-refractivity contribution is -0.143. The summed E-state index contributed by atoms with van der Waals surface area (Å²) in [5.74, 6) is -4.40. The summed E-state index contributed by atoms with van der Waals surface area (Å²) in [5, 5.41) is 26.6. The molecular weight excluding hydrogens is 1070 g/mol. The molecule has 1 heterocycles. The van der Waals surface area contributed by atoms with Crippen LogP contribution in [-0.2, 0) is 39.8 Å². The summed E-state index contributed by atoms with van der Waals surface area (Å²) in [5.41, 5.74) is 6.97. The summed E-state index contributed by atoms with van der Waals surface area (Å²) in [4.78, 5) is 109. The molecule has 1 aliphatic heterocycles. The van der Waals surface area contributed by atoms with Gasteiger partial charge < -0.3 is 71.3 Å². The van der Waals surface area contributed by atoms with Crippen LogP contribution in [0.5, 0.6) is 11.5 Å². The van der Waals surface area contributed by atoms with Crippen LogP contribution in [-0.4, -0.2) is 133 Å². The van der Waals surface area contributed by atoms with Crippen LogP contribution in [0.4, 0.5) is 14.4 Å². The van der Waals surface area contributed by atoms with Gasteiger partial charge in [0.1, 0.15) is 59.6 Å². The highest BCUT2D eigenvalue weighted by atomic mass is 35.5. The van der Waals surface area contributed by atoms with Gasteiger partial charge in [-0.3, -0.25) is 19.2 Å². The van der Waals surface area contributed by atoms with Crippen LogP contribution in [0.3, 0.4) is 0 Å². The second-order valence-corrected chi connectivity index (χ2v) is 22.6. The molecule has 0 radical (unpaired) electrons. The molecule has 4 bridgehead atoms. The van der Waals surface area contributed by atoms with Gasteiger partial charge >= 0.3 is 24.2 Å². The van der Waals surface area contributed by atoms with Crippen molar-refractivity contribution in [2.75, 3.05) is 39.9 Å². The molecule has 81 heavy (non-hydrogen) atoms. The van der Waals surface area contributed by atoms with Crippen molar-refractivity contribution in [3.8, 4) is 33.8 Å². The van der Waals surface area contributed by atoms with Crippen LogP contribution in [0.2, 0.25) is 5.02 Å². The maximum absolute atomic E-state index is 15.2. The Balaban J connectivity index is 1.59. The predicted octanol–water partition coefficient (Wildman–Crippen LogP) is 7.00. The van der Waals surface area contributed by atoms with Gasteiger partial charge in [0.2, 0.25) is 11.8 Å². The molecule has 0 aromatic heterocycles. The van der Waals surface area contributed by atoms with E-state index in [0.717, 1.165) is 16.0 Å². The second-order valence-electron chi connectivity index (χ2n) is 22.1. The molecule has 4 aromatic carbocycles. The number of benzene rings is 4. The normalized spacial score (nSPS) is 15.9. The number of halogens is 1. The van der Waals surface area contributed by atoms with E-state index in [9.17, 15) is 38.7 Å². The highest BCUT2D eigenvalue weighted by Gasteiger charge is 2.36. The van der Waals surface area contributed by atoms with Crippen molar-refractivity contribution in [1.82, 2.24) is 36.8 Å². The Morgan fingerprint density at radius 2 is 1.16 bits per heavy atom. The van der Waals surface area contributed by atoms with Crippen molar-refractivity contribution in [1.29, 1.82) is 0 Å². The van der Waals surface area contributed by atoms with E-state index in [1.54, 1.807) is 123 Å². The van der Waals surface area contributed by atoms with E-state index in [1.807, 2.05) is 12.1 Å². The number of carbonyl (C=O) groups excluding carboxylic acids is 7. The number of nitrogens with zero attached hydrogens (tertiary/aromatic N) is 1. The minimum atomic E-state index is -1.82. The van der Waals surface area contributed by atoms with Crippen molar-refractivity contribution in [2.24, 2.45) is 5.73 Å². The molecule has 4 aromatic rings. The van der Waals surface area contributed by atoms with E-state index in [2.05, 4.69) is 31.9 Å². The highest BCUT2D eigenvalue weighted by molar-refractivity contribution is 6.30. The zero-order chi connectivity index (χ0) is 59.8. The molecule has 0 fully saturated rings. The third-order valence-corrected chi connectivity index (χ3v) is 12.1. The van der Waals surface area contributed by atoms with E-state index in [-0.39, 0.29) is 80.3 Å². The van der Waals surface area contributed by atoms with Crippen LogP contribution in [0.1, 0.15) is 109 Å². The van der Waals surface area contributed by atoms with Crippen LogP contribution < -0.4 is 47.1 Å². The van der Waals surface area contributed by atoms with E-state index in [0.29, 0.717) is 22.6 Å². The largest absolute Gasteiger partial charge is 0.491 e. The second kappa shape index (κ2) is 28.3. The number of nitrogens with two attached hydrogens (primary N) is 1. The molecule has 22 nitrogen and oxygen atoms in total. The van der Waals surface area contributed by atoms with Crippen molar-refractivity contribution < 1.29 is 67.1 Å². The fourth-order valence-corrected chi connectivity index (χ4v) is 8.33. The van der Waals surface area contributed by atoms with Gasteiger partial charge in [0.15, 0.2) is 6.17 Å². The van der Waals surface area contributed by atoms with Crippen molar-refractivity contribution in [3.63, 3.8) is 0 Å². The molecule has 7 amide bonds. The number of hydrogen-bond acceptors (Lipinski definition) is 14. The van der Waals surface area contributed by atoms with Gasteiger partial charge in [0, 0.05) is 41.7 Å². The molecule has 438 valence electrons. The number of carboxylic acids is 1. The van der Waals surface area contributed by atoms with Gasteiger partial charge in [0.05, 0.1) is 13.1 Å². The molecule has 5 rings (SSSR count). The van der Waals surface area contributed by atoms with Gasteiger partial charge in [-0.1, -0.05) is 48.0 Å². The summed E-state index contributed by atoms with van der Waals surface area (Å²) in [7, 11) is 1.34. The minimum Gasteiger partial charge on any atom is -0.491 e. The first-order chi connectivity index (χ1) is 38.0. The predicted molar refractivity (Wildman–Crippen MR) is 302 cm³/mol. The Morgan fingerprint density at radius 1 is 0.667 bits per heavy atom. The third kappa shape index (κ3) is 20.5. The fourth-order valence-electron chi connectivity index (χ4n) is 8.20. The number of aliphatic carboxylic acids is 1. The summed E-state index contributed by atoms with van der Waals surface area (Å²) in [6.07, 6.45) is -3.44. The SMILES string of the molecule is CN(C(=O)[C@H](CCCCNC(=O)OC(C)(C)C)NC(=O)c1ccc(-c2ccc(Cl)cc2)cc1)[C@@H]1C(=O)N[C@@H](N)C(=O)N[C@H](C(=O)O)Cc2ccc(OCCNC(=O)OC(C)(C)C)c(c2)-c2cc1ccc2OCCNC(=O)OC(C)(C)C. The average molecular weight is 1140 g/mol. The van der Waals surface area contributed by atoms with Crippen molar-refractivity contribution >= 4 is 59.5 Å². The molecule has 4 atom stereocenters. The van der Waals surface area contributed by atoms with Crippen LogP contribution >= 0.6 is 11.6 Å². The summed E-state index contributed by atoms with van der Waals surface area (Å²) in [6, 6.07) is 18.8. The number of likely N-dealkylation sites (N-methyl/N-ethyl adjacent to an activating group) is 1. The Bertz CT molecular complexity index is 2880. The lowest BCUT2D eigenvalue weighted by Gasteiger charge is -2.32. The van der Waals surface area contributed by atoms with Crippen LogP contribution in [0, 0.1) is 0 Å². The van der Waals surface area contributed by atoms with E-state index in [1.165, 1.54) is 19.2 Å². The molecule has 0 saturated heterocycles. The van der Waals surface area contributed by atoms with Gasteiger partial charge in [-0.2, -0.15) is 0 Å². The molecule has 0 saturated carbocycles. The number of amides is 7. The van der Waals surface area contributed by atoms with Gasteiger partial charge in [-0.25, -0.2) is 19.2 Å². The number of alkyl carbamates (subject to hydrolysis) is 3. The number of fused-ring (bicyclic) bond motifs is 5. The fraction of sp³-hybridized carbons (Fsp3) is 0.448. The highest BCUT2D eigenvalue weighted by Crippen LogP contribution is 2.40. The third-order valence-electron chi connectivity index (χ3n) is 11.8. The van der Waals surface area contributed by atoms with Crippen LogP contribution in [0.15, 0.2) is 84.9 Å². The molecule has 1 aliphatic rings. The molecular formula is C58H75ClN8O14. The standard InChI is InChI=1S/C58H75ClN8O14/c1-56(2,3)79-53(74)61-26-12-11-13-42(64-48(68)37-17-15-35(16-18-37)36-19-22-39(59)23-20-36)51(71)67(10)46-38-21-25-45(78-30-28-63-55(76)81-58(7,8)9)41(33-38)40-31-34(32-43(52(72)73)65-50(70)47(60)66-49(46)69)14-24-44(40)77-29-27-62-54(75)80-57(4,5)6/h14-25,31,33,42-43,46-47H,11-13,26-30,32,60H2,1-10H3,(H,61,74)(H,62,75)(H,63,76)(H,64,68)(H,65,70)(H,66,69)(H,72,73)/t42-,43-,46-,47+/m0/s1. The summed E-state index contributed by atoms with van der Waals surface area (Å²) < 4.78 is 28.7. The average Bonchev–Trinajstić information content (AvgIpc) is 3.38. The quantitative estimate of drug-likeness (QED) is 0.0346. The van der Waals surface area contributed by atoms with Gasteiger partial charge in [0.25, 0.3) is 11.8 Å². The lowest BCUT2D eigenvalue weighted by atomic mass is 9.93.